The van der Waals surface area contributed by atoms with Crippen molar-refractivity contribution in [1.29, 1.82) is 0 Å². The average molecular weight is 251 g/mol. The first kappa shape index (κ1) is 14.2. The molecule has 18 heavy (non-hydrogen) atoms. The van der Waals surface area contributed by atoms with Gasteiger partial charge < -0.3 is 5.11 Å². The molecule has 0 aliphatic carbocycles. The zero-order valence-corrected chi connectivity index (χ0v) is 10.5. The third-order valence-corrected chi connectivity index (χ3v) is 2.79. The molecule has 1 N–H and O–H groups in total. The van der Waals surface area contributed by atoms with Crippen molar-refractivity contribution < 1.29 is 14.8 Å². The van der Waals surface area contributed by atoms with Crippen molar-refractivity contribution in [3.8, 4) is 0 Å². The van der Waals surface area contributed by atoms with Gasteiger partial charge in [-0.05, 0) is 18.8 Å². The Balaban J connectivity index is 2.99. The standard InChI is InChI=1S/C13H17NO4/c1-9(2)11-7-3-5-10(13(11)14(17)18)6-4-8-12(15)16/h3,5,7,9H,4,6,8H2,1-2H3,(H,15,16). The number of para-hydroxylation sites is 1. The van der Waals surface area contributed by atoms with E-state index in [2.05, 4.69) is 0 Å². The lowest BCUT2D eigenvalue weighted by molar-refractivity contribution is -0.386. The Hall–Kier alpha value is -1.91. The van der Waals surface area contributed by atoms with Crippen molar-refractivity contribution in [2.75, 3.05) is 0 Å². The Kier molecular flexibility index (Phi) is 4.83. The number of carboxylic acid groups (broad SMARTS) is 1. The number of nitro benzene ring substituents is 1. The number of hydrogen-bond acceptors (Lipinski definition) is 3. The van der Waals surface area contributed by atoms with E-state index in [9.17, 15) is 14.9 Å². The summed E-state index contributed by atoms with van der Waals surface area (Å²) in [7, 11) is 0. The van der Waals surface area contributed by atoms with Crippen LogP contribution in [-0.2, 0) is 11.2 Å². The molecule has 0 saturated heterocycles. The van der Waals surface area contributed by atoms with Gasteiger partial charge in [-0.2, -0.15) is 0 Å². The molecule has 0 aliphatic heterocycles. The Labute approximate surface area is 106 Å². The molecule has 0 spiro atoms. The first-order valence-electron chi connectivity index (χ1n) is 5.91. The number of aliphatic carboxylic acids is 1. The monoisotopic (exact) mass is 251 g/mol. The van der Waals surface area contributed by atoms with Crippen LogP contribution in [0.5, 0.6) is 0 Å². The molecule has 0 heterocycles. The zero-order chi connectivity index (χ0) is 13.7. The molecule has 0 bridgehead atoms. The van der Waals surface area contributed by atoms with E-state index in [1.807, 2.05) is 13.8 Å². The molecule has 0 aromatic heterocycles. The maximum Gasteiger partial charge on any atom is 0.303 e. The van der Waals surface area contributed by atoms with Crippen molar-refractivity contribution in [2.45, 2.75) is 39.0 Å². The van der Waals surface area contributed by atoms with E-state index < -0.39 is 5.97 Å². The SMILES string of the molecule is CC(C)c1cccc(CCCC(=O)O)c1[N+](=O)[O-]. The van der Waals surface area contributed by atoms with E-state index in [-0.39, 0.29) is 22.9 Å². The number of rotatable bonds is 6. The van der Waals surface area contributed by atoms with Crippen LogP contribution in [0.1, 0.15) is 43.7 Å². The van der Waals surface area contributed by atoms with Gasteiger partial charge in [-0.3, -0.25) is 14.9 Å². The Bertz CT molecular complexity index is 454. The van der Waals surface area contributed by atoms with Crippen LogP contribution in [0.25, 0.3) is 0 Å². The minimum atomic E-state index is -0.877. The summed E-state index contributed by atoms with van der Waals surface area (Å²) in [6, 6.07) is 5.24. The van der Waals surface area contributed by atoms with Gasteiger partial charge in [-0.15, -0.1) is 0 Å². The van der Waals surface area contributed by atoms with Crippen molar-refractivity contribution in [3.63, 3.8) is 0 Å². The number of carboxylic acids is 1. The summed E-state index contributed by atoms with van der Waals surface area (Å²) < 4.78 is 0. The molecule has 1 rings (SSSR count). The Morgan fingerprint density at radius 2 is 2.11 bits per heavy atom. The van der Waals surface area contributed by atoms with Crippen molar-refractivity contribution in [3.05, 3.63) is 39.4 Å². The van der Waals surface area contributed by atoms with E-state index in [0.29, 0.717) is 24.0 Å². The maximum atomic E-state index is 11.1. The normalized spacial score (nSPS) is 10.6. The number of hydrogen-bond donors (Lipinski definition) is 1. The van der Waals surface area contributed by atoms with Crippen LogP contribution >= 0.6 is 0 Å². The fourth-order valence-electron chi connectivity index (χ4n) is 1.93. The molecule has 0 amide bonds. The molecule has 5 nitrogen and oxygen atoms in total. The highest BCUT2D eigenvalue weighted by Crippen LogP contribution is 2.30. The van der Waals surface area contributed by atoms with Crippen molar-refractivity contribution in [2.24, 2.45) is 0 Å². The van der Waals surface area contributed by atoms with Crippen LogP contribution in [0.4, 0.5) is 5.69 Å². The van der Waals surface area contributed by atoms with Gasteiger partial charge in [-0.25, -0.2) is 0 Å². The van der Waals surface area contributed by atoms with Gasteiger partial charge in [0.2, 0.25) is 0 Å². The van der Waals surface area contributed by atoms with Crippen LogP contribution < -0.4 is 0 Å². The Morgan fingerprint density at radius 3 is 2.61 bits per heavy atom. The van der Waals surface area contributed by atoms with Crippen LogP contribution in [0.15, 0.2) is 18.2 Å². The summed E-state index contributed by atoms with van der Waals surface area (Å²) in [5.74, 6) is -0.803. The van der Waals surface area contributed by atoms with E-state index in [1.54, 1.807) is 18.2 Å². The molecule has 1 aromatic rings. The molecular formula is C13H17NO4. The van der Waals surface area contributed by atoms with Gasteiger partial charge in [0.25, 0.3) is 5.69 Å². The molecule has 0 saturated carbocycles. The number of aryl methyl sites for hydroxylation is 1. The van der Waals surface area contributed by atoms with Gasteiger partial charge in [0.15, 0.2) is 0 Å². The van der Waals surface area contributed by atoms with E-state index in [0.717, 1.165) is 0 Å². The minimum Gasteiger partial charge on any atom is -0.481 e. The fraction of sp³-hybridized carbons (Fsp3) is 0.462. The number of nitrogens with zero attached hydrogens (tertiary/aromatic N) is 1. The average Bonchev–Trinajstić information content (AvgIpc) is 2.27. The van der Waals surface area contributed by atoms with Crippen LogP contribution in [0.3, 0.4) is 0 Å². The molecule has 0 radical (unpaired) electrons. The van der Waals surface area contributed by atoms with Crippen molar-refractivity contribution >= 4 is 11.7 Å². The third kappa shape index (κ3) is 3.55. The highest BCUT2D eigenvalue weighted by molar-refractivity contribution is 5.66. The summed E-state index contributed by atoms with van der Waals surface area (Å²) in [6.07, 6.45) is 0.865. The highest BCUT2D eigenvalue weighted by Gasteiger charge is 2.20. The molecule has 98 valence electrons. The van der Waals surface area contributed by atoms with Gasteiger partial charge in [-0.1, -0.05) is 32.0 Å². The largest absolute Gasteiger partial charge is 0.481 e. The number of benzene rings is 1. The van der Waals surface area contributed by atoms with Gasteiger partial charge in [0.1, 0.15) is 0 Å². The lowest BCUT2D eigenvalue weighted by Gasteiger charge is -2.10. The lowest BCUT2D eigenvalue weighted by atomic mass is 9.95. The zero-order valence-electron chi connectivity index (χ0n) is 10.5. The highest BCUT2D eigenvalue weighted by atomic mass is 16.6. The first-order chi connectivity index (χ1) is 8.43. The lowest BCUT2D eigenvalue weighted by Crippen LogP contribution is -2.03. The molecule has 0 unspecified atom stereocenters. The summed E-state index contributed by atoms with van der Waals surface area (Å²) in [5, 5.41) is 19.7. The molecule has 5 heteroatoms. The fourth-order valence-corrected chi connectivity index (χ4v) is 1.93. The third-order valence-electron chi connectivity index (χ3n) is 2.79. The topological polar surface area (TPSA) is 80.4 Å². The second kappa shape index (κ2) is 6.14. The quantitative estimate of drug-likeness (QED) is 0.622. The second-order valence-corrected chi connectivity index (χ2v) is 4.51. The molecule has 1 aromatic carbocycles. The molecular weight excluding hydrogens is 234 g/mol. The van der Waals surface area contributed by atoms with Crippen molar-refractivity contribution in [1.82, 2.24) is 0 Å². The summed E-state index contributed by atoms with van der Waals surface area (Å²) in [4.78, 5) is 21.2. The predicted molar refractivity (Wildman–Crippen MR) is 67.8 cm³/mol. The maximum absolute atomic E-state index is 11.1. The first-order valence-corrected chi connectivity index (χ1v) is 5.91. The summed E-state index contributed by atoms with van der Waals surface area (Å²) in [6.45, 7) is 3.81. The van der Waals surface area contributed by atoms with E-state index >= 15 is 0 Å². The van der Waals surface area contributed by atoms with Crippen LogP contribution in [-0.4, -0.2) is 16.0 Å². The van der Waals surface area contributed by atoms with Gasteiger partial charge in [0.05, 0.1) is 4.92 Å². The number of nitro groups is 1. The summed E-state index contributed by atoms with van der Waals surface area (Å²) in [5.41, 5.74) is 1.46. The number of carbonyl (C=O) groups is 1. The van der Waals surface area contributed by atoms with E-state index in [1.165, 1.54) is 0 Å². The molecule has 0 atom stereocenters. The smallest absolute Gasteiger partial charge is 0.303 e. The summed E-state index contributed by atoms with van der Waals surface area (Å²) >= 11 is 0. The van der Waals surface area contributed by atoms with Crippen LogP contribution in [0.2, 0.25) is 0 Å². The van der Waals surface area contributed by atoms with E-state index in [4.69, 9.17) is 5.11 Å². The molecule has 0 fully saturated rings. The van der Waals surface area contributed by atoms with Crippen LogP contribution in [0, 0.1) is 10.1 Å². The Morgan fingerprint density at radius 1 is 1.44 bits per heavy atom. The minimum absolute atomic E-state index is 0.0308. The van der Waals surface area contributed by atoms with Gasteiger partial charge in [0, 0.05) is 17.5 Å². The predicted octanol–water partition coefficient (Wildman–Crippen LogP) is 3.13. The van der Waals surface area contributed by atoms with Gasteiger partial charge >= 0.3 is 5.97 Å². The molecule has 0 aliphatic rings. The second-order valence-electron chi connectivity index (χ2n) is 4.51.